The van der Waals surface area contributed by atoms with E-state index >= 15 is 0 Å². The van der Waals surface area contributed by atoms with Crippen LogP contribution >= 0.6 is 8.73 Å². The highest BCUT2D eigenvalue weighted by atomic mass is 31.1. The van der Waals surface area contributed by atoms with Crippen molar-refractivity contribution in [1.29, 1.82) is 0 Å². The lowest BCUT2D eigenvalue weighted by Crippen LogP contribution is -2.13. The van der Waals surface area contributed by atoms with E-state index in [0.717, 1.165) is 11.1 Å². The Labute approximate surface area is 131 Å². The second-order valence-electron chi connectivity index (χ2n) is 4.74. The van der Waals surface area contributed by atoms with Crippen molar-refractivity contribution in [2.24, 2.45) is 0 Å². The number of nitrogens with zero attached hydrogens (tertiary/aromatic N) is 2. The van der Waals surface area contributed by atoms with Gasteiger partial charge in [0, 0.05) is 18.2 Å². The minimum atomic E-state index is -0.508. The molecule has 0 spiro atoms. The lowest BCUT2D eigenvalue weighted by atomic mass is 10.0. The summed E-state index contributed by atoms with van der Waals surface area (Å²) >= 11 is 0. The van der Waals surface area contributed by atoms with E-state index in [2.05, 4.69) is 5.10 Å². The van der Waals surface area contributed by atoms with Crippen molar-refractivity contribution in [3.63, 3.8) is 0 Å². The minimum absolute atomic E-state index is 0.264. The first-order chi connectivity index (χ1) is 10.6. The Morgan fingerprint density at radius 2 is 2.00 bits per heavy atom. The first-order valence-corrected chi connectivity index (χ1v) is 8.57. The molecule has 1 atom stereocenters. The van der Waals surface area contributed by atoms with Crippen molar-refractivity contribution >= 4 is 20.5 Å². The third-order valence-corrected chi connectivity index (χ3v) is 3.82. The van der Waals surface area contributed by atoms with Crippen LogP contribution in [0.1, 0.15) is 35.0 Å². The molecule has 0 bridgehead atoms. The van der Waals surface area contributed by atoms with Gasteiger partial charge >= 0.3 is 5.97 Å². The van der Waals surface area contributed by atoms with Gasteiger partial charge in [0.15, 0.2) is 5.78 Å². The number of rotatable bonds is 7. The minimum Gasteiger partial charge on any atom is -0.466 e. The molecule has 0 N–H and O–H groups in total. The molecule has 0 aliphatic carbocycles. The van der Waals surface area contributed by atoms with E-state index in [-0.39, 0.29) is 18.8 Å². The summed E-state index contributed by atoms with van der Waals surface area (Å²) in [6, 6.07) is 9.88. The van der Waals surface area contributed by atoms with E-state index in [1.165, 1.54) is 0 Å². The van der Waals surface area contributed by atoms with Crippen LogP contribution in [0.3, 0.4) is 0 Å². The lowest BCUT2D eigenvalue weighted by molar-refractivity contribution is -0.141. The number of benzene rings is 1. The predicted molar refractivity (Wildman–Crippen MR) is 86.7 cm³/mol. The van der Waals surface area contributed by atoms with Crippen molar-refractivity contribution in [1.82, 2.24) is 9.55 Å². The van der Waals surface area contributed by atoms with Crippen molar-refractivity contribution < 1.29 is 14.3 Å². The molecule has 1 aromatic heterocycles. The van der Waals surface area contributed by atoms with Crippen LogP contribution in [0, 0.1) is 0 Å². The van der Waals surface area contributed by atoms with Crippen molar-refractivity contribution in [2.75, 3.05) is 13.3 Å². The molecule has 1 unspecified atom stereocenters. The number of ether oxygens (including phenoxy) is 1. The molecule has 0 fully saturated rings. The number of aromatic nitrogens is 2. The smallest absolute Gasteiger partial charge is 0.313 e. The van der Waals surface area contributed by atoms with Gasteiger partial charge in [0.1, 0.15) is 12.1 Å². The standard InChI is InChI=1S/C16H19N2O3P/c1-3-21-15(20)10-14(19)16-13(11-18(17-16)22-2)9-12-7-5-4-6-8-12/h4-8,11,22H,3,9-10H2,1-2H3. The first kappa shape index (κ1) is 16.4. The molecular weight excluding hydrogens is 299 g/mol. The monoisotopic (exact) mass is 318 g/mol. The van der Waals surface area contributed by atoms with Crippen LogP contribution in [-0.4, -0.2) is 34.6 Å². The second-order valence-corrected chi connectivity index (χ2v) is 5.64. The fourth-order valence-corrected chi connectivity index (χ4v) is 2.62. The maximum Gasteiger partial charge on any atom is 0.313 e. The fourth-order valence-electron chi connectivity index (χ4n) is 2.13. The number of ketones is 1. The Morgan fingerprint density at radius 1 is 1.27 bits per heavy atom. The summed E-state index contributed by atoms with van der Waals surface area (Å²) in [5.41, 5.74) is 2.31. The fraction of sp³-hybridized carbons (Fsp3) is 0.312. The number of Topliss-reactive ketones (excluding diaryl/α,β-unsaturated/α-hetero) is 1. The van der Waals surface area contributed by atoms with E-state index in [4.69, 9.17) is 4.74 Å². The molecule has 116 valence electrons. The topological polar surface area (TPSA) is 61.2 Å². The summed E-state index contributed by atoms with van der Waals surface area (Å²) < 4.78 is 6.58. The first-order valence-electron chi connectivity index (χ1n) is 7.13. The maximum absolute atomic E-state index is 12.3. The average Bonchev–Trinajstić information content (AvgIpc) is 2.91. The number of carbonyl (C=O) groups is 2. The van der Waals surface area contributed by atoms with Crippen LogP contribution in [0.4, 0.5) is 0 Å². The highest BCUT2D eigenvalue weighted by molar-refractivity contribution is 7.35. The molecule has 0 aliphatic rings. The highest BCUT2D eigenvalue weighted by Gasteiger charge is 2.20. The Kier molecular flexibility index (Phi) is 5.84. The number of carbonyl (C=O) groups excluding carboxylic acids is 2. The summed E-state index contributed by atoms with van der Waals surface area (Å²) in [6.07, 6.45) is 2.23. The number of esters is 1. The normalized spacial score (nSPS) is 11.0. The Bertz CT molecular complexity index is 653. The largest absolute Gasteiger partial charge is 0.466 e. The van der Waals surface area contributed by atoms with Gasteiger partial charge in [0.25, 0.3) is 0 Å². The third-order valence-electron chi connectivity index (χ3n) is 3.13. The van der Waals surface area contributed by atoms with Gasteiger partial charge in [0.2, 0.25) is 0 Å². The molecule has 5 nitrogen and oxygen atoms in total. The van der Waals surface area contributed by atoms with Gasteiger partial charge in [-0.1, -0.05) is 30.3 Å². The molecule has 0 saturated carbocycles. The Balaban J connectivity index is 2.21. The van der Waals surface area contributed by atoms with Gasteiger partial charge in [0.05, 0.1) is 6.61 Å². The van der Waals surface area contributed by atoms with Crippen LogP contribution in [0.2, 0.25) is 0 Å². The second kappa shape index (κ2) is 7.85. The maximum atomic E-state index is 12.3. The van der Waals surface area contributed by atoms with Crippen molar-refractivity contribution in [2.45, 2.75) is 19.8 Å². The van der Waals surface area contributed by atoms with Crippen LogP contribution in [-0.2, 0) is 16.0 Å². The van der Waals surface area contributed by atoms with Gasteiger partial charge in [-0.25, -0.2) is 0 Å². The van der Waals surface area contributed by atoms with Gasteiger partial charge in [-0.2, -0.15) is 5.10 Å². The Hall–Kier alpha value is -2.00. The van der Waals surface area contributed by atoms with E-state index in [1.807, 2.05) is 43.2 Å². The molecule has 1 heterocycles. The van der Waals surface area contributed by atoms with Crippen molar-refractivity contribution in [3.05, 3.63) is 53.3 Å². The van der Waals surface area contributed by atoms with Gasteiger partial charge in [-0.05, 0) is 27.9 Å². The zero-order valence-corrected chi connectivity index (χ0v) is 13.7. The predicted octanol–water partition coefficient (Wildman–Crippen LogP) is 2.68. The summed E-state index contributed by atoms with van der Waals surface area (Å²) in [5, 5.41) is 4.31. The molecule has 0 saturated heterocycles. The summed E-state index contributed by atoms with van der Waals surface area (Å²) in [7, 11) is 0.434. The van der Waals surface area contributed by atoms with Crippen LogP contribution in [0.15, 0.2) is 36.5 Å². The molecule has 0 radical (unpaired) electrons. The molecule has 0 amide bonds. The molecule has 22 heavy (non-hydrogen) atoms. The van der Waals surface area contributed by atoms with E-state index in [1.54, 1.807) is 11.4 Å². The number of hydrogen-bond donors (Lipinski definition) is 0. The molecule has 1 aromatic carbocycles. The summed E-state index contributed by atoms with van der Waals surface area (Å²) in [6.45, 7) is 3.98. The van der Waals surface area contributed by atoms with Gasteiger partial charge in [-0.15, -0.1) is 0 Å². The zero-order valence-electron chi connectivity index (χ0n) is 12.7. The molecule has 0 aliphatic heterocycles. The van der Waals surface area contributed by atoms with Crippen LogP contribution in [0.25, 0.3) is 0 Å². The number of hydrogen-bond acceptors (Lipinski definition) is 4. The van der Waals surface area contributed by atoms with E-state index < -0.39 is 5.97 Å². The highest BCUT2D eigenvalue weighted by Crippen LogP contribution is 2.19. The summed E-state index contributed by atoms with van der Waals surface area (Å²) in [4.78, 5) is 23.8. The lowest BCUT2D eigenvalue weighted by Gasteiger charge is -2.03. The molecule has 2 rings (SSSR count). The van der Waals surface area contributed by atoms with E-state index in [0.29, 0.717) is 20.8 Å². The van der Waals surface area contributed by atoms with Gasteiger partial charge < -0.3 is 4.74 Å². The zero-order chi connectivity index (χ0) is 15.9. The van der Waals surface area contributed by atoms with Gasteiger partial charge in [-0.3, -0.25) is 14.0 Å². The Morgan fingerprint density at radius 3 is 2.64 bits per heavy atom. The molecular formula is C16H19N2O3P. The summed E-state index contributed by atoms with van der Waals surface area (Å²) in [5.74, 6) is -0.798. The van der Waals surface area contributed by atoms with Crippen molar-refractivity contribution in [3.8, 4) is 0 Å². The molecule has 2 aromatic rings. The average molecular weight is 318 g/mol. The van der Waals surface area contributed by atoms with E-state index in [9.17, 15) is 9.59 Å². The third kappa shape index (κ3) is 4.25. The molecule has 6 heteroatoms. The quantitative estimate of drug-likeness (QED) is 0.341. The SMILES string of the molecule is CCOC(=O)CC(=O)c1nn(PC)cc1Cc1ccccc1. The van der Waals surface area contributed by atoms with Crippen LogP contribution < -0.4 is 0 Å². The van der Waals surface area contributed by atoms with Crippen LogP contribution in [0.5, 0.6) is 0 Å².